The molecule has 78 heavy (non-hydrogen) atoms. The molecule has 23 nitrogen and oxygen atoms in total. The number of hydrogen-bond donors (Lipinski definition) is 8. The molecule has 23 heteroatoms. The SMILES string of the molecule is CC(=O)[C@@H](C)CCCCNC(=O)CC[C@H](CC(=O)CC[C@H](NC(=O)COCCOCCNC(=O)COCCOCCNC(=O)CC[C@H](CC(=O)CCCCCCCCCCCCCCCCC(=O)O)C(=O)O)C(=O)O)C(=O)O.[HH]. The zero-order chi connectivity index (χ0) is 58.2. The normalized spacial score (nSPS) is 12.6. The van der Waals surface area contributed by atoms with Gasteiger partial charge in [0.1, 0.15) is 36.6 Å². The summed E-state index contributed by atoms with van der Waals surface area (Å²) in [5.74, 6) is -9.02. The van der Waals surface area contributed by atoms with Crippen LogP contribution in [0.2, 0.25) is 0 Å². The summed E-state index contributed by atoms with van der Waals surface area (Å²) in [7, 11) is 0. The number of carboxylic acid groups (broad SMARTS) is 4. The summed E-state index contributed by atoms with van der Waals surface area (Å²) in [5, 5.41) is 47.6. The number of amides is 4. The zero-order valence-electron chi connectivity index (χ0n) is 46.6. The number of ether oxygens (including phenoxy) is 4. The lowest BCUT2D eigenvalue weighted by Crippen LogP contribution is -2.43. The van der Waals surface area contributed by atoms with Crippen LogP contribution < -0.4 is 21.3 Å². The van der Waals surface area contributed by atoms with Crippen molar-refractivity contribution in [3.05, 3.63) is 0 Å². The van der Waals surface area contributed by atoms with Crippen LogP contribution in [0.5, 0.6) is 0 Å². The molecule has 450 valence electrons. The molecule has 0 saturated heterocycles. The van der Waals surface area contributed by atoms with Gasteiger partial charge in [0.2, 0.25) is 23.6 Å². The summed E-state index contributed by atoms with van der Waals surface area (Å²) in [6, 6.07) is -1.43. The van der Waals surface area contributed by atoms with Crippen LogP contribution in [0.1, 0.15) is 189 Å². The molecule has 0 aromatic carbocycles. The average molecular weight is 1120 g/mol. The molecule has 0 unspecified atom stereocenters. The minimum Gasteiger partial charge on any atom is -0.481 e. The highest BCUT2D eigenvalue weighted by molar-refractivity contribution is 5.87. The van der Waals surface area contributed by atoms with Crippen molar-refractivity contribution in [2.45, 2.75) is 193 Å². The van der Waals surface area contributed by atoms with Crippen LogP contribution >= 0.6 is 0 Å². The molecule has 0 radical (unpaired) electrons. The van der Waals surface area contributed by atoms with Gasteiger partial charge in [0.05, 0.1) is 51.5 Å². The Kier molecular flexibility index (Phi) is 45.3. The van der Waals surface area contributed by atoms with Crippen molar-refractivity contribution < 1.29 is 93.5 Å². The fourth-order valence-corrected chi connectivity index (χ4v) is 8.04. The summed E-state index contributed by atoms with van der Waals surface area (Å²) in [6.07, 6.45) is 16.4. The molecule has 0 bridgehead atoms. The third-order valence-corrected chi connectivity index (χ3v) is 13.0. The van der Waals surface area contributed by atoms with E-state index in [2.05, 4.69) is 21.3 Å². The molecule has 0 spiro atoms. The van der Waals surface area contributed by atoms with Gasteiger partial charge in [-0.3, -0.25) is 47.9 Å². The third-order valence-electron chi connectivity index (χ3n) is 13.0. The van der Waals surface area contributed by atoms with E-state index in [4.69, 9.17) is 24.1 Å². The van der Waals surface area contributed by atoms with Gasteiger partial charge in [0.15, 0.2) is 0 Å². The molecule has 0 fully saturated rings. The van der Waals surface area contributed by atoms with Gasteiger partial charge in [-0.05, 0) is 51.9 Å². The van der Waals surface area contributed by atoms with Crippen molar-refractivity contribution in [2.75, 3.05) is 72.5 Å². The van der Waals surface area contributed by atoms with Gasteiger partial charge in [0.25, 0.3) is 0 Å². The monoisotopic (exact) mass is 1120 g/mol. The number of ketones is 3. The van der Waals surface area contributed by atoms with Crippen LogP contribution in [-0.4, -0.2) is 164 Å². The van der Waals surface area contributed by atoms with E-state index < -0.39 is 72.4 Å². The van der Waals surface area contributed by atoms with Gasteiger partial charge < -0.3 is 60.6 Å². The van der Waals surface area contributed by atoms with Crippen LogP contribution in [0, 0.1) is 17.8 Å². The van der Waals surface area contributed by atoms with Gasteiger partial charge in [0, 0.05) is 71.9 Å². The van der Waals surface area contributed by atoms with Gasteiger partial charge >= 0.3 is 23.9 Å². The number of carbonyl (C=O) groups excluding carboxylic acids is 7. The Bertz CT molecular complexity index is 1770. The maximum absolute atomic E-state index is 12.6. The standard InChI is InChI=1S/C55H94N4O19.H2/c1-41(42(2)60)19-17-18-28-56-48(63)26-22-44(54(71)72)38-46(62)24-25-47(55(73)74)59-51(66)40-78-36-34-76-32-30-58-50(65)39-77-35-33-75-31-29-57-49(64)27-23-43(53(69)70)37-45(61)20-15-13-11-9-7-5-3-4-6-8-10-12-14-16-21-52(67)68;/h41,43-44,47H,3-40H2,1-2H3,(H,56,63)(H,57,64)(H,58,65)(H,59,66)(H,67,68)(H,69,70)(H,71,72)(H,73,74);1H/t41-,43+,44+,47-;/m0./s1. The Morgan fingerprint density at radius 1 is 0.397 bits per heavy atom. The topological polar surface area (TPSA) is 354 Å². The minimum absolute atomic E-state index is 0. The van der Waals surface area contributed by atoms with Crippen LogP contribution in [0.3, 0.4) is 0 Å². The lowest BCUT2D eigenvalue weighted by molar-refractivity contribution is -0.145. The molecular weight excluding hydrogens is 1020 g/mol. The van der Waals surface area contributed by atoms with Crippen LogP contribution in [-0.2, 0) is 71.7 Å². The third kappa shape index (κ3) is 45.6. The van der Waals surface area contributed by atoms with Gasteiger partial charge in [-0.1, -0.05) is 90.4 Å². The lowest BCUT2D eigenvalue weighted by Gasteiger charge is -2.15. The smallest absolute Gasteiger partial charge is 0.326 e. The second kappa shape index (κ2) is 48.7. The van der Waals surface area contributed by atoms with Crippen molar-refractivity contribution in [2.24, 2.45) is 17.8 Å². The van der Waals surface area contributed by atoms with E-state index in [0.29, 0.717) is 25.8 Å². The first kappa shape index (κ1) is 72.6. The van der Waals surface area contributed by atoms with E-state index in [1.807, 2.05) is 6.92 Å². The lowest BCUT2D eigenvalue weighted by atomic mass is 9.94. The number of unbranched alkanes of at least 4 members (excludes halogenated alkanes) is 14. The Morgan fingerprint density at radius 3 is 1.26 bits per heavy atom. The highest BCUT2D eigenvalue weighted by atomic mass is 16.5. The number of carbonyl (C=O) groups is 11. The molecular formula is C55H96N4O19. The number of nitrogens with one attached hydrogen (secondary N) is 4. The van der Waals surface area contributed by atoms with E-state index in [1.54, 1.807) is 0 Å². The average Bonchev–Trinajstić information content (AvgIpc) is 3.38. The summed E-state index contributed by atoms with van der Waals surface area (Å²) < 4.78 is 21.2. The van der Waals surface area contributed by atoms with E-state index in [0.717, 1.165) is 57.8 Å². The van der Waals surface area contributed by atoms with Crippen LogP contribution in [0.15, 0.2) is 0 Å². The molecule has 0 aromatic rings. The first-order valence-electron chi connectivity index (χ1n) is 28.2. The quantitative estimate of drug-likeness (QED) is 0.0344. The highest BCUT2D eigenvalue weighted by Crippen LogP contribution is 2.18. The van der Waals surface area contributed by atoms with Crippen molar-refractivity contribution in [1.82, 2.24) is 21.3 Å². The van der Waals surface area contributed by atoms with Gasteiger partial charge in [-0.15, -0.1) is 0 Å². The molecule has 0 saturated carbocycles. The fraction of sp³-hybridized carbons (Fsp3) is 0.800. The molecule has 0 aliphatic rings. The van der Waals surface area contributed by atoms with Crippen molar-refractivity contribution in [3.63, 3.8) is 0 Å². The predicted octanol–water partition coefficient (Wildman–Crippen LogP) is 5.60. The molecule has 4 atom stereocenters. The first-order chi connectivity index (χ1) is 37.3. The molecule has 0 rings (SSSR count). The number of Topliss-reactive ketones (excluding diaryl/α,β-unsaturated/α-hetero) is 3. The fourth-order valence-electron chi connectivity index (χ4n) is 8.04. The van der Waals surface area contributed by atoms with Crippen molar-refractivity contribution in [3.8, 4) is 0 Å². The van der Waals surface area contributed by atoms with E-state index >= 15 is 0 Å². The van der Waals surface area contributed by atoms with E-state index in [9.17, 15) is 68.1 Å². The molecule has 0 aliphatic carbocycles. The number of hydrogen-bond acceptors (Lipinski definition) is 15. The molecule has 0 aliphatic heterocycles. The van der Waals surface area contributed by atoms with Crippen molar-refractivity contribution in [1.29, 1.82) is 0 Å². The Balaban J connectivity index is 0. The Labute approximate surface area is 462 Å². The van der Waals surface area contributed by atoms with Crippen LogP contribution in [0.25, 0.3) is 0 Å². The summed E-state index contributed by atoms with van der Waals surface area (Å²) in [6.45, 7) is 3.90. The minimum atomic E-state index is -1.43. The first-order valence-corrected chi connectivity index (χ1v) is 28.2. The summed E-state index contributed by atoms with van der Waals surface area (Å²) in [4.78, 5) is 131. The Hall–Kier alpha value is -5.39. The van der Waals surface area contributed by atoms with Crippen molar-refractivity contribution >= 4 is 64.9 Å². The van der Waals surface area contributed by atoms with E-state index in [-0.39, 0.29) is 141 Å². The van der Waals surface area contributed by atoms with Crippen LogP contribution in [0.4, 0.5) is 0 Å². The second-order valence-corrected chi connectivity index (χ2v) is 19.9. The second-order valence-electron chi connectivity index (χ2n) is 19.9. The largest absolute Gasteiger partial charge is 0.481 e. The molecule has 4 amide bonds. The molecule has 0 aromatic heterocycles. The molecule has 8 N–H and O–H groups in total. The molecule has 0 heterocycles. The number of rotatable bonds is 56. The maximum atomic E-state index is 12.6. The Morgan fingerprint density at radius 2 is 0.808 bits per heavy atom. The summed E-state index contributed by atoms with van der Waals surface area (Å²) in [5.41, 5.74) is 0. The summed E-state index contributed by atoms with van der Waals surface area (Å²) >= 11 is 0. The highest BCUT2D eigenvalue weighted by Gasteiger charge is 2.26. The number of aliphatic carboxylic acids is 4. The zero-order valence-corrected chi connectivity index (χ0v) is 46.6. The van der Waals surface area contributed by atoms with E-state index in [1.165, 1.54) is 45.4 Å². The number of carboxylic acids is 4. The van der Waals surface area contributed by atoms with Gasteiger partial charge in [-0.25, -0.2) is 4.79 Å². The van der Waals surface area contributed by atoms with Gasteiger partial charge in [-0.2, -0.15) is 0 Å². The predicted molar refractivity (Wildman–Crippen MR) is 288 cm³/mol. The maximum Gasteiger partial charge on any atom is 0.326 e.